The van der Waals surface area contributed by atoms with Crippen LogP contribution in [0.1, 0.15) is 24.0 Å². The molecule has 0 saturated carbocycles. The number of carbonyl (C=O) groups is 1. The van der Waals surface area contributed by atoms with Gasteiger partial charge in [-0.1, -0.05) is 30.3 Å². The third-order valence-electron chi connectivity index (χ3n) is 4.51. The predicted octanol–water partition coefficient (Wildman–Crippen LogP) is 2.68. The van der Waals surface area contributed by atoms with Gasteiger partial charge < -0.3 is 10.2 Å². The molecule has 0 radical (unpaired) electrons. The Bertz CT molecular complexity index is 649. The van der Waals surface area contributed by atoms with E-state index >= 15 is 0 Å². The summed E-state index contributed by atoms with van der Waals surface area (Å²) in [7, 11) is 0. The van der Waals surface area contributed by atoms with E-state index in [1.54, 1.807) is 12.4 Å². The minimum Gasteiger partial charge on any atom is -0.345 e. The van der Waals surface area contributed by atoms with Crippen molar-refractivity contribution in [1.82, 2.24) is 14.9 Å². The summed E-state index contributed by atoms with van der Waals surface area (Å²) in [5.41, 5.74) is 2.40. The van der Waals surface area contributed by atoms with E-state index in [0.717, 1.165) is 37.9 Å². The third-order valence-corrected chi connectivity index (χ3v) is 4.51. The molecule has 1 amide bonds. The van der Waals surface area contributed by atoms with Crippen molar-refractivity contribution in [2.24, 2.45) is 5.92 Å². The fraction of sp³-hybridized carbons (Fsp3) is 0.421. The lowest BCUT2D eigenvalue weighted by Crippen LogP contribution is -2.41. The van der Waals surface area contributed by atoms with Crippen LogP contribution in [0.2, 0.25) is 0 Å². The second kappa shape index (κ2) is 7.90. The normalized spacial score (nSPS) is 15.3. The van der Waals surface area contributed by atoms with Gasteiger partial charge in [0.25, 0.3) is 0 Å². The van der Waals surface area contributed by atoms with Crippen molar-refractivity contribution in [3.63, 3.8) is 0 Å². The molecular weight excluding hydrogens is 300 g/mol. The fourth-order valence-electron chi connectivity index (χ4n) is 3.08. The zero-order valence-electron chi connectivity index (χ0n) is 14.1. The zero-order chi connectivity index (χ0) is 16.8. The Morgan fingerprint density at radius 1 is 1.17 bits per heavy atom. The minimum atomic E-state index is 0.123. The first kappa shape index (κ1) is 16.4. The van der Waals surface area contributed by atoms with E-state index in [1.165, 1.54) is 5.56 Å². The van der Waals surface area contributed by atoms with E-state index in [-0.39, 0.29) is 12.5 Å². The molecule has 0 aliphatic carbocycles. The molecule has 1 aliphatic rings. The Morgan fingerprint density at radius 3 is 2.50 bits per heavy atom. The molecule has 1 fully saturated rings. The van der Waals surface area contributed by atoms with Gasteiger partial charge in [-0.05, 0) is 43.2 Å². The maximum Gasteiger partial charge on any atom is 0.241 e. The Morgan fingerprint density at radius 2 is 1.83 bits per heavy atom. The summed E-state index contributed by atoms with van der Waals surface area (Å²) in [5.74, 6) is 1.30. The average molecular weight is 324 g/mol. The first-order valence-corrected chi connectivity index (χ1v) is 8.55. The number of nitrogens with zero attached hydrogens (tertiary/aromatic N) is 3. The van der Waals surface area contributed by atoms with E-state index in [0.29, 0.717) is 11.9 Å². The van der Waals surface area contributed by atoms with Crippen LogP contribution in [-0.2, 0) is 11.2 Å². The lowest BCUT2D eigenvalue weighted by molar-refractivity contribution is -0.130. The quantitative estimate of drug-likeness (QED) is 0.919. The summed E-state index contributed by atoms with van der Waals surface area (Å²) in [5, 5.41) is 3.01. The molecule has 24 heavy (non-hydrogen) atoms. The zero-order valence-corrected chi connectivity index (χ0v) is 14.1. The smallest absolute Gasteiger partial charge is 0.241 e. The summed E-state index contributed by atoms with van der Waals surface area (Å²) in [4.78, 5) is 22.6. The van der Waals surface area contributed by atoms with Gasteiger partial charge in [0.15, 0.2) is 0 Å². The molecule has 3 rings (SSSR count). The van der Waals surface area contributed by atoms with Crippen LogP contribution in [0.3, 0.4) is 0 Å². The lowest BCUT2D eigenvalue weighted by atomic mass is 9.90. The number of aryl methyl sites for hydroxylation is 1. The van der Waals surface area contributed by atoms with Crippen LogP contribution >= 0.6 is 0 Å². The van der Waals surface area contributed by atoms with Gasteiger partial charge in [0.2, 0.25) is 11.9 Å². The topological polar surface area (TPSA) is 58.1 Å². The molecule has 0 bridgehead atoms. The molecule has 1 N–H and O–H groups in total. The van der Waals surface area contributed by atoms with E-state index < -0.39 is 0 Å². The fourth-order valence-corrected chi connectivity index (χ4v) is 3.08. The van der Waals surface area contributed by atoms with Crippen LogP contribution in [0.15, 0.2) is 42.7 Å². The molecule has 1 saturated heterocycles. The van der Waals surface area contributed by atoms with Gasteiger partial charge in [-0.2, -0.15) is 0 Å². The maximum atomic E-state index is 12.3. The molecule has 2 heterocycles. The molecule has 2 aromatic rings. The van der Waals surface area contributed by atoms with Crippen LogP contribution in [0.4, 0.5) is 5.95 Å². The summed E-state index contributed by atoms with van der Waals surface area (Å²) in [6.07, 6.45) is 6.74. The molecule has 1 aromatic heterocycles. The molecule has 0 unspecified atom stereocenters. The number of aromatic nitrogens is 2. The van der Waals surface area contributed by atoms with E-state index in [2.05, 4.69) is 45.6 Å². The van der Waals surface area contributed by atoms with Gasteiger partial charge >= 0.3 is 0 Å². The molecular formula is C19H24N4O. The highest BCUT2D eigenvalue weighted by Gasteiger charge is 2.22. The van der Waals surface area contributed by atoms with Gasteiger partial charge in [-0.15, -0.1) is 0 Å². The number of hydrogen-bond donors (Lipinski definition) is 1. The van der Waals surface area contributed by atoms with Gasteiger partial charge in [-0.3, -0.25) is 4.79 Å². The van der Waals surface area contributed by atoms with E-state index in [4.69, 9.17) is 0 Å². The van der Waals surface area contributed by atoms with Crippen LogP contribution in [-0.4, -0.2) is 40.4 Å². The van der Waals surface area contributed by atoms with Gasteiger partial charge in [0.05, 0.1) is 6.54 Å². The van der Waals surface area contributed by atoms with E-state index in [1.807, 2.05) is 11.8 Å². The van der Waals surface area contributed by atoms with E-state index in [9.17, 15) is 4.79 Å². The first-order valence-electron chi connectivity index (χ1n) is 8.55. The summed E-state index contributed by atoms with van der Waals surface area (Å²) in [6, 6.07) is 10.6. The van der Waals surface area contributed by atoms with Crippen LogP contribution < -0.4 is 5.32 Å². The molecule has 0 spiro atoms. The molecule has 5 nitrogen and oxygen atoms in total. The number of rotatable bonds is 5. The number of amides is 1. The number of carbonyl (C=O) groups excluding carboxylic acids is 1. The Balaban J connectivity index is 1.42. The molecule has 126 valence electrons. The summed E-state index contributed by atoms with van der Waals surface area (Å²) in [6.45, 7) is 3.88. The maximum absolute atomic E-state index is 12.3. The van der Waals surface area contributed by atoms with Crippen molar-refractivity contribution in [3.05, 3.63) is 53.9 Å². The third kappa shape index (κ3) is 4.54. The first-order chi connectivity index (χ1) is 11.7. The van der Waals surface area contributed by atoms with Crippen LogP contribution in [0.25, 0.3) is 0 Å². The number of hydrogen-bond acceptors (Lipinski definition) is 4. The number of anilines is 1. The number of benzene rings is 1. The van der Waals surface area contributed by atoms with Gasteiger partial charge in [0, 0.05) is 25.5 Å². The van der Waals surface area contributed by atoms with Crippen molar-refractivity contribution >= 4 is 11.9 Å². The molecule has 1 aliphatic heterocycles. The molecule has 1 aromatic carbocycles. The summed E-state index contributed by atoms with van der Waals surface area (Å²) < 4.78 is 0. The van der Waals surface area contributed by atoms with Crippen molar-refractivity contribution in [2.45, 2.75) is 26.2 Å². The number of likely N-dealkylation sites (tertiary alicyclic amines) is 1. The second-order valence-electron chi connectivity index (χ2n) is 6.45. The van der Waals surface area contributed by atoms with Gasteiger partial charge in [0.1, 0.15) is 0 Å². The highest BCUT2D eigenvalue weighted by molar-refractivity contribution is 5.80. The highest BCUT2D eigenvalue weighted by Crippen LogP contribution is 2.21. The Hall–Kier alpha value is -2.43. The van der Waals surface area contributed by atoms with Crippen molar-refractivity contribution in [3.8, 4) is 0 Å². The molecule has 0 atom stereocenters. The van der Waals surface area contributed by atoms with Crippen LogP contribution in [0.5, 0.6) is 0 Å². The Kier molecular flexibility index (Phi) is 5.41. The number of nitrogens with one attached hydrogen (secondary N) is 1. The standard InChI is InChI=1S/C19H24N4O/c1-15-12-20-19(21-13-15)22-14-18(24)23-9-7-17(8-10-23)11-16-5-3-2-4-6-16/h2-6,12-13,17H,7-11,14H2,1H3,(H,20,21,22). The van der Waals surface area contributed by atoms with Crippen molar-refractivity contribution in [1.29, 1.82) is 0 Å². The Labute approximate surface area is 143 Å². The summed E-state index contributed by atoms with van der Waals surface area (Å²) >= 11 is 0. The van der Waals surface area contributed by atoms with Crippen LogP contribution in [0, 0.1) is 12.8 Å². The largest absolute Gasteiger partial charge is 0.345 e. The monoisotopic (exact) mass is 324 g/mol. The van der Waals surface area contributed by atoms with Crippen molar-refractivity contribution in [2.75, 3.05) is 25.0 Å². The predicted molar refractivity (Wildman–Crippen MR) is 94.7 cm³/mol. The molecule has 5 heteroatoms. The van der Waals surface area contributed by atoms with Gasteiger partial charge in [-0.25, -0.2) is 9.97 Å². The highest BCUT2D eigenvalue weighted by atomic mass is 16.2. The lowest BCUT2D eigenvalue weighted by Gasteiger charge is -2.32. The number of piperidine rings is 1. The second-order valence-corrected chi connectivity index (χ2v) is 6.45. The van der Waals surface area contributed by atoms with Crippen molar-refractivity contribution < 1.29 is 4.79 Å². The average Bonchev–Trinajstić information content (AvgIpc) is 2.62. The SMILES string of the molecule is Cc1cnc(NCC(=O)N2CCC(Cc3ccccc3)CC2)nc1. The minimum absolute atomic E-state index is 0.123.